The number of fused-ring (bicyclic) bond motifs is 1. The van der Waals surface area contributed by atoms with Gasteiger partial charge in [0.2, 0.25) is 0 Å². The van der Waals surface area contributed by atoms with Crippen LogP contribution in [0, 0.1) is 0 Å². The van der Waals surface area contributed by atoms with Crippen molar-refractivity contribution >= 4 is 16.8 Å². The van der Waals surface area contributed by atoms with E-state index in [1.54, 1.807) is 24.3 Å². The summed E-state index contributed by atoms with van der Waals surface area (Å²) in [6.07, 6.45) is 1.50. The Bertz CT molecular complexity index is 1150. The van der Waals surface area contributed by atoms with Gasteiger partial charge in [0, 0.05) is 18.7 Å². The highest BCUT2D eigenvalue weighted by Crippen LogP contribution is 2.16. The zero-order valence-corrected chi connectivity index (χ0v) is 14.4. The third kappa shape index (κ3) is 3.48. The van der Waals surface area contributed by atoms with Gasteiger partial charge in [-0.25, -0.2) is 4.98 Å². The summed E-state index contributed by atoms with van der Waals surface area (Å²) in [6, 6.07) is 18.5. The Morgan fingerprint density at radius 3 is 2.70 bits per heavy atom. The Kier molecular flexibility index (Phi) is 4.49. The molecule has 0 spiro atoms. The van der Waals surface area contributed by atoms with Crippen molar-refractivity contribution < 1.29 is 4.79 Å². The number of aromatic amines is 1. The summed E-state index contributed by atoms with van der Waals surface area (Å²) in [4.78, 5) is 29.0. The van der Waals surface area contributed by atoms with E-state index in [4.69, 9.17) is 0 Å². The highest BCUT2D eigenvalue weighted by Gasteiger charge is 2.11. The van der Waals surface area contributed by atoms with Gasteiger partial charge in [0.25, 0.3) is 11.5 Å². The quantitative estimate of drug-likeness (QED) is 0.571. The Labute approximate surface area is 154 Å². The normalized spacial score (nSPS) is 10.8. The molecule has 1 amide bonds. The molecule has 0 aliphatic rings. The van der Waals surface area contributed by atoms with Crippen molar-refractivity contribution in [2.45, 2.75) is 6.54 Å². The van der Waals surface area contributed by atoms with E-state index in [0.717, 1.165) is 5.56 Å². The van der Waals surface area contributed by atoms with Crippen LogP contribution in [0.4, 0.5) is 0 Å². The van der Waals surface area contributed by atoms with Crippen LogP contribution in [-0.4, -0.2) is 32.2 Å². The Morgan fingerprint density at radius 1 is 1.07 bits per heavy atom. The second kappa shape index (κ2) is 7.25. The van der Waals surface area contributed by atoms with Crippen LogP contribution >= 0.6 is 0 Å². The number of rotatable bonds is 5. The molecule has 7 heteroatoms. The summed E-state index contributed by atoms with van der Waals surface area (Å²) in [5, 5.41) is 10.3. The molecule has 0 fully saturated rings. The first-order valence-electron chi connectivity index (χ1n) is 8.55. The highest BCUT2D eigenvalue weighted by molar-refractivity contribution is 5.93. The van der Waals surface area contributed by atoms with Crippen LogP contribution in [0.5, 0.6) is 0 Å². The van der Waals surface area contributed by atoms with Gasteiger partial charge in [-0.15, -0.1) is 0 Å². The molecule has 0 saturated heterocycles. The number of carbonyl (C=O) groups is 1. The summed E-state index contributed by atoms with van der Waals surface area (Å²) in [7, 11) is 0. The highest BCUT2D eigenvalue weighted by atomic mass is 16.2. The maximum absolute atomic E-state index is 12.4. The fraction of sp³-hybridized carbons (Fsp3) is 0.100. The molecule has 134 valence electrons. The van der Waals surface area contributed by atoms with Crippen molar-refractivity contribution in [2.24, 2.45) is 0 Å². The number of para-hydroxylation sites is 1. The maximum Gasteiger partial charge on any atom is 0.269 e. The zero-order valence-electron chi connectivity index (χ0n) is 14.4. The lowest BCUT2D eigenvalue weighted by Gasteiger charge is -2.07. The van der Waals surface area contributed by atoms with Crippen molar-refractivity contribution in [3.63, 3.8) is 0 Å². The predicted molar refractivity (Wildman–Crippen MR) is 102 cm³/mol. The molecule has 0 aliphatic heterocycles. The summed E-state index contributed by atoms with van der Waals surface area (Å²) >= 11 is 0. The smallest absolute Gasteiger partial charge is 0.269 e. The summed E-state index contributed by atoms with van der Waals surface area (Å²) < 4.78 is 1.49. The number of benzene rings is 2. The number of carbonyl (C=O) groups excluding carboxylic acids is 1. The third-order valence-electron chi connectivity index (χ3n) is 4.26. The Morgan fingerprint density at radius 2 is 1.85 bits per heavy atom. The molecule has 0 bridgehead atoms. The van der Waals surface area contributed by atoms with Crippen LogP contribution in [0.15, 0.2) is 71.8 Å². The zero-order chi connectivity index (χ0) is 18.6. The van der Waals surface area contributed by atoms with Crippen LogP contribution in [0.2, 0.25) is 0 Å². The molecule has 7 nitrogen and oxygen atoms in total. The molecule has 4 rings (SSSR count). The lowest BCUT2D eigenvalue weighted by Crippen LogP contribution is -2.31. The molecule has 0 radical (unpaired) electrons. The molecule has 2 aromatic heterocycles. The minimum absolute atomic E-state index is 0.122. The van der Waals surface area contributed by atoms with Crippen LogP contribution < -0.4 is 10.9 Å². The van der Waals surface area contributed by atoms with E-state index in [1.165, 1.54) is 10.9 Å². The molecule has 2 N–H and O–H groups in total. The van der Waals surface area contributed by atoms with Gasteiger partial charge in [0.1, 0.15) is 5.69 Å². The van der Waals surface area contributed by atoms with Crippen molar-refractivity contribution in [1.82, 2.24) is 25.1 Å². The first kappa shape index (κ1) is 16.7. The SMILES string of the molecule is O=C(NCCn1cnc2ccccc2c1=O)c1cc(-c2ccccc2)n[nH]1. The van der Waals surface area contributed by atoms with Gasteiger partial charge < -0.3 is 5.32 Å². The lowest BCUT2D eigenvalue weighted by molar-refractivity contribution is 0.0947. The number of H-pyrrole nitrogens is 1. The molecule has 2 heterocycles. The largest absolute Gasteiger partial charge is 0.349 e. The Balaban J connectivity index is 1.41. The summed E-state index contributed by atoms with van der Waals surface area (Å²) in [5.41, 5.74) is 2.55. The third-order valence-corrected chi connectivity index (χ3v) is 4.26. The van der Waals surface area contributed by atoms with Crippen molar-refractivity contribution in [3.8, 4) is 11.3 Å². The number of amides is 1. The van der Waals surface area contributed by atoms with E-state index in [1.807, 2.05) is 36.4 Å². The molecule has 0 saturated carbocycles. The van der Waals surface area contributed by atoms with Gasteiger partial charge in [0.15, 0.2) is 0 Å². The fourth-order valence-electron chi connectivity index (χ4n) is 2.85. The molecule has 0 atom stereocenters. The van der Waals surface area contributed by atoms with E-state index in [9.17, 15) is 9.59 Å². The first-order valence-corrected chi connectivity index (χ1v) is 8.55. The average Bonchev–Trinajstić information content (AvgIpc) is 3.21. The van der Waals surface area contributed by atoms with Crippen LogP contribution in [0.25, 0.3) is 22.2 Å². The first-order chi connectivity index (χ1) is 13.2. The van der Waals surface area contributed by atoms with Crippen LogP contribution in [-0.2, 0) is 6.54 Å². The number of hydrogen-bond donors (Lipinski definition) is 2. The van der Waals surface area contributed by atoms with Crippen LogP contribution in [0.3, 0.4) is 0 Å². The van der Waals surface area contributed by atoms with Crippen LogP contribution in [0.1, 0.15) is 10.5 Å². The molecular formula is C20H17N5O2. The molecule has 27 heavy (non-hydrogen) atoms. The fourth-order valence-corrected chi connectivity index (χ4v) is 2.85. The lowest BCUT2D eigenvalue weighted by atomic mass is 10.1. The topological polar surface area (TPSA) is 92.7 Å². The minimum Gasteiger partial charge on any atom is -0.349 e. The minimum atomic E-state index is -0.272. The van der Waals surface area contributed by atoms with E-state index in [0.29, 0.717) is 35.4 Å². The molecule has 2 aromatic carbocycles. The summed E-state index contributed by atoms with van der Waals surface area (Å²) in [6.45, 7) is 0.639. The van der Waals surface area contributed by atoms with Gasteiger partial charge in [-0.3, -0.25) is 19.3 Å². The number of nitrogens with zero attached hydrogens (tertiary/aromatic N) is 3. The number of hydrogen-bond acceptors (Lipinski definition) is 4. The van der Waals surface area contributed by atoms with Gasteiger partial charge in [-0.2, -0.15) is 5.10 Å². The monoisotopic (exact) mass is 359 g/mol. The van der Waals surface area contributed by atoms with Gasteiger partial charge in [-0.1, -0.05) is 42.5 Å². The van der Waals surface area contributed by atoms with E-state index >= 15 is 0 Å². The molecule has 4 aromatic rings. The second-order valence-corrected chi connectivity index (χ2v) is 6.05. The van der Waals surface area contributed by atoms with E-state index in [2.05, 4.69) is 20.5 Å². The van der Waals surface area contributed by atoms with Crippen molar-refractivity contribution in [1.29, 1.82) is 0 Å². The number of aromatic nitrogens is 4. The van der Waals surface area contributed by atoms with Crippen molar-refractivity contribution in [2.75, 3.05) is 6.54 Å². The summed E-state index contributed by atoms with van der Waals surface area (Å²) in [5.74, 6) is -0.272. The average molecular weight is 359 g/mol. The maximum atomic E-state index is 12.4. The van der Waals surface area contributed by atoms with E-state index < -0.39 is 0 Å². The van der Waals surface area contributed by atoms with Gasteiger partial charge >= 0.3 is 0 Å². The second-order valence-electron chi connectivity index (χ2n) is 6.05. The van der Waals surface area contributed by atoms with Gasteiger partial charge in [-0.05, 0) is 18.2 Å². The van der Waals surface area contributed by atoms with Crippen molar-refractivity contribution in [3.05, 3.63) is 83.0 Å². The van der Waals surface area contributed by atoms with Gasteiger partial charge in [0.05, 0.1) is 22.9 Å². The predicted octanol–water partition coefficient (Wildman–Crippen LogP) is 2.22. The van der Waals surface area contributed by atoms with E-state index in [-0.39, 0.29) is 11.5 Å². The Hall–Kier alpha value is -3.74. The number of nitrogens with one attached hydrogen (secondary N) is 2. The molecule has 0 unspecified atom stereocenters. The molecule has 0 aliphatic carbocycles. The standard InChI is InChI=1S/C20H17N5O2/c26-19(18-12-17(23-24-18)14-6-2-1-3-7-14)21-10-11-25-13-22-16-9-5-4-8-15(16)20(25)27/h1-9,12-13H,10-11H2,(H,21,26)(H,23,24). The molecular weight excluding hydrogens is 342 g/mol.